The number of carbonyl (C=O) groups is 1. The molecule has 1 atom stereocenters. The molecule has 1 rings (SSSR count). The van der Waals surface area contributed by atoms with Gasteiger partial charge in [0.25, 0.3) is 0 Å². The lowest BCUT2D eigenvalue weighted by Crippen LogP contribution is -2.09. The Bertz CT molecular complexity index is 363. The zero-order valence-corrected chi connectivity index (χ0v) is 10.2. The average molecular weight is 275 g/mol. The average Bonchev–Trinajstić information content (AvgIpc) is 2.18. The maximum absolute atomic E-state index is 11.7. The predicted octanol–water partition coefficient (Wildman–Crippen LogP) is 2.54. The minimum Gasteiger partial charge on any atom is -0.299 e. The zero-order chi connectivity index (χ0) is 10.6. The Labute approximate surface area is 94.3 Å². The molecular weight excluding hydrogens is 264 g/mol. The Kier molecular flexibility index (Phi) is 4.48. The van der Waals surface area contributed by atoms with Crippen LogP contribution in [0.5, 0.6) is 0 Å². The normalized spacial score (nSPS) is 12.4. The molecule has 0 aliphatic carbocycles. The van der Waals surface area contributed by atoms with Gasteiger partial charge in [0.1, 0.15) is 5.78 Å². The zero-order valence-electron chi connectivity index (χ0n) is 7.83. The van der Waals surface area contributed by atoms with Crippen molar-refractivity contribution in [3.05, 3.63) is 28.7 Å². The lowest BCUT2D eigenvalue weighted by atomic mass is 10.4. The number of hydrogen-bond donors (Lipinski definition) is 0. The molecule has 4 heteroatoms. The van der Waals surface area contributed by atoms with Crippen molar-refractivity contribution in [1.29, 1.82) is 0 Å². The summed E-state index contributed by atoms with van der Waals surface area (Å²) < 4.78 is 12.5. The summed E-state index contributed by atoms with van der Waals surface area (Å²) in [6.45, 7) is 1.78. The SMILES string of the molecule is CCC(=O)CS(=O)c1ccccc1Br. The number of Topliss-reactive ketones (excluding diaryl/α,β-unsaturated/α-hetero) is 1. The van der Waals surface area contributed by atoms with Crippen molar-refractivity contribution in [1.82, 2.24) is 0 Å². The molecule has 2 nitrogen and oxygen atoms in total. The van der Waals surface area contributed by atoms with Gasteiger partial charge in [-0.25, -0.2) is 0 Å². The Morgan fingerprint density at radius 2 is 2.07 bits per heavy atom. The standard InChI is InChI=1S/C10H11BrO2S/c1-2-8(12)7-14(13)10-6-4-3-5-9(10)11/h3-6H,2,7H2,1H3. The minimum atomic E-state index is -1.22. The summed E-state index contributed by atoms with van der Waals surface area (Å²) in [4.78, 5) is 11.8. The maximum atomic E-state index is 11.7. The van der Waals surface area contributed by atoms with Crippen LogP contribution in [0.25, 0.3) is 0 Å². The van der Waals surface area contributed by atoms with Crippen molar-refractivity contribution in [3.63, 3.8) is 0 Å². The van der Waals surface area contributed by atoms with Crippen LogP contribution in [0.4, 0.5) is 0 Å². The highest BCUT2D eigenvalue weighted by Crippen LogP contribution is 2.19. The van der Waals surface area contributed by atoms with Gasteiger partial charge in [-0.3, -0.25) is 9.00 Å². The molecule has 0 amide bonds. The molecule has 0 bridgehead atoms. The number of halogens is 1. The third-order valence-electron chi connectivity index (χ3n) is 1.77. The lowest BCUT2D eigenvalue weighted by molar-refractivity contribution is -0.116. The molecular formula is C10H11BrO2S. The molecule has 0 aliphatic rings. The van der Waals surface area contributed by atoms with Crippen molar-refractivity contribution in [2.75, 3.05) is 5.75 Å². The second-order valence-electron chi connectivity index (χ2n) is 2.81. The number of hydrogen-bond acceptors (Lipinski definition) is 2. The largest absolute Gasteiger partial charge is 0.299 e. The lowest BCUT2D eigenvalue weighted by Gasteiger charge is -2.02. The van der Waals surface area contributed by atoms with E-state index < -0.39 is 10.8 Å². The number of benzene rings is 1. The summed E-state index contributed by atoms with van der Waals surface area (Å²) in [5, 5.41) is 0. The van der Waals surface area contributed by atoms with E-state index in [0.717, 1.165) is 4.47 Å². The summed E-state index contributed by atoms with van der Waals surface area (Å²) in [6.07, 6.45) is 0.441. The molecule has 0 saturated carbocycles. The summed E-state index contributed by atoms with van der Waals surface area (Å²) in [5.74, 6) is 0.137. The van der Waals surface area contributed by atoms with Crippen LogP contribution in [-0.4, -0.2) is 15.7 Å². The highest BCUT2D eigenvalue weighted by atomic mass is 79.9. The van der Waals surface area contributed by atoms with E-state index in [9.17, 15) is 9.00 Å². The summed E-state index contributed by atoms with van der Waals surface area (Å²) >= 11 is 3.30. The molecule has 14 heavy (non-hydrogen) atoms. The van der Waals surface area contributed by atoms with Gasteiger partial charge in [-0.2, -0.15) is 0 Å². The van der Waals surface area contributed by atoms with Crippen molar-refractivity contribution >= 4 is 32.5 Å². The van der Waals surface area contributed by atoms with Gasteiger partial charge < -0.3 is 0 Å². The van der Waals surface area contributed by atoms with E-state index >= 15 is 0 Å². The number of carbonyl (C=O) groups excluding carboxylic acids is 1. The molecule has 0 fully saturated rings. The van der Waals surface area contributed by atoms with Crippen LogP contribution in [0.2, 0.25) is 0 Å². The van der Waals surface area contributed by atoms with Gasteiger partial charge in [0.05, 0.1) is 21.4 Å². The van der Waals surface area contributed by atoms with E-state index in [1.807, 2.05) is 18.2 Å². The van der Waals surface area contributed by atoms with E-state index in [-0.39, 0.29) is 11.5 Å². The van der Waals surface area contributed by atoms with Crippen LogP contribution in [0.3, 0.4) is 0 Å². The van der Waals surface area contributed by atoms with Gasteiger partial charge in [-0.15, -0.1) is 0 Å². The van der Waals surface area contributed by atoms with Gasteiger partial charge in [-0.05, 0) is 28.1 Å². The van der Waals surface area contributed by atoms with Gasteiger partial charge >= 0.3 is 0 Å². The van der Waals surface area contributed by atoms with Gasteiger partial charge in [0.2, 0.25) is 0 Å². The first-order valence-electron chi connectivity index (χ1n) is 4.29. The number of ketones is 1. The van der Waals surface area contributed by atoms with Crippen LogP contribution in [0, 0.1) is 0 Å². The molecule has 0 radical (unpaired) electrons. The van der Waals surface area contributed by atoms with Crippen molar-refractivity contribution in [2.24, 2.45) is 0 Å². The Balaban J connectivity index is 2.80. The first kappa shape index (κ1) is 11.6. The van der Waals surface area contributed by atoms with E-state index in [1.165, 1.54) is 0 Å². The Morgan fingerprint density at radius 1 is 1.43 bits per heavy atom. The highest BCUT2D eigenvalue weighted by Gasteiger charge is 2.10. The molecule has 0 N–H and O–H groups in total. The fourth-order valence-corrected chi connectivity index (χ4v) is 2.95. The van der Waals surface area contributed by atoms with Crippen molar-refractivity contribution < 1.29 is 9.00 Å². The fraction of sp³-hybridized carbons (Fsp3) is 0.300. The maximum Gasteiger partial charge on any atom is 0.145 e. The quantitative estimate of drug-likeness (QED) is 0.846. The highest BCUT2D eigenvalue weighted by molar-refractivity contribution is 9.10. The second-order valence-corrected chi connectivity index (χ2v) is 5.09. The summed E-state index contributed by atoms with van der Waals surface area (Å²) in [7, 11) is -1.22. The van der Waals surface area contributed by atoms with E-state index in [1.54, 1.807) is 13.0 Å². The molecule has 0 spiro atoms. The molecule has 0 aromatic heterocycles. The van der Waals surface area contributed by atoms with Crippen molar-refractivity contribution in [3.8, 4) is 0 Å². The fourth-order valence-electron chi connectivity index (χ4n) is 0.955. The van der Waals surface area contributed by atoms with Crippen LogP contribution in [0.15, 0.2) is 33.6 Å². The molecule has 76 valence electrons. The first-order valence-corrected chi connectivity index (χ1v) is 6.41. The molecule has 0 heterocycles. The van der Waals surface area contributed by atoms with Crippen molar-refractivity contribution in [2.45, 2.75) is 18.2 Å². The minimum absolute atomic E-state index is 0.0269. The third kappa shape index (κ3) is 3.03. The Morgan fingerprint density at radius 3 is 2.64 bits per heavy atom. The monoisotopic (exact) mass is 274 g/mol. The molecule has 1 unspecified atom stereocenters. The molecule has 1 aromatic carbocycles. The van der Waals surface area contributed by atoms with E-state index in [0.29, 0.717) is 11.3 Å². The number of rotatable bonds is 4. The predicted molar refractivity (Wildman–Crippen MR) is 60.7 cm³/mol. The van der Waals surface area contributed by atoms with Gasteiger partial charge in [0.15, 0.2) is 0 Å². The first-order chi connectivity index (χ1) is 6.65. The van der Waals surface area contributed by atoms with E-state index in [2.05, 4.69) is 15.9 Å². The molecule has 1 aromatic rings. The molecule has 0 saturated heterocycles. The van der Waals surface area contributed by atoms with Gasteiger partial charge in [0, 0.05) is 10.9 Å². The summed E-state index contributed by atoms with van der Waals surface area (Å²) in [6, 6.07) is 7.26. The smallest absolute Gasteiger partial charge is 0.145 e. The molecule has 0 aliphatic heterocycles. The van der Waals surface area contributed by atoms with E-state index in [4.69, 9.17) is 0 Å². The Hall–Kier alpha value is -0.480. The van der Waals surface area contributed by atoms with Crippen LogP contribution in [-0.2, 0) is 15.6 Å². The third-order valence-corrected chi connectivity index (χ3v) is 4.15. The summed E-state index contributed by atoms with van der Waals surface area (Å²) in [5.41, 5.74) is 0. The van der Waals surface area contributed by atoms with Crippen LogP contribution in [0.1, 0.15) is 13.3 Å². The second kappa shape index (κ2) is 5.41. The van der Waals surface area contributed by atoms with Crippen LogP contribution < -0.4 is 0 Å². The van der Waals surface area contributed by atoms with Gasteiger partial charge in [-0.1, -0.05) is 19.1 Å². The van der Waals surface area contributed by atoms with Crippen LogP contribution >= 0.6 is 15.9 Å². The topological polar surface area (TPSA) is 34.1 Å².